The van der Waals surface area contributed by atoms with Crippen molar-refractivity contribution in [2.24, 2.45) is 0 Å². The molecule has 0 saturated carbocycles. The van der Waals surface area contributed by atoms with Crippen LogP contribution in [-0.4, -0.2) is 27.3 Å². The van der Waals surface area contributed by atoms with Gasteiger partial charge in [0.05, 0.1) is 5.69 Å². The maximum atomic E-state index is 14.2. The zero-order valence-electron chi connectivity index (χ0n) is 13.6. The van der Waals surface area contributed by atoms with Crippen LogP contribution in [0.1, 0.15) is 12.5 Å². The number of nitrogens with one attached hydrogen (secondary N) is 1. The lowest BCUT2D eigenvalue weighted by Gasteiger charge is -2.13. The van der Waals surface area contributed by atoms with E-state index in [1.165, 1.54) is 29.5 Å². The number of hydrogen-bond acceptors (Lipinski definition) is 4. The zero-order chi connectivity index (χ0) is 17.6. The van der Waals surface area contributed by atoms with Crippen molar-refractivity contribution in [1.29, 1.82) is 0 Å². The van der Waals surface area contributed by atoms with Gasteiger partial charge in [-0.1, -0.05) is 31.2 Å². The number of ether oxygens (including phenoxy) is 1. The number of carbonyl (C=O) groups is 1. The second kappa shape index (κ2) is 7.57. The van der Waals surface area contributed by atoms with E-state index < -0.39 is 11.7 Å². The third-order valence-corrected chi connectivity index (χ3v) is 3.63. The number of amides is 1. The van der Waals surface area contributed by atoms with E-state index in [0.29, 0.717) is 11.4 Å². The fourth-order valence-electron chi connectivity index (χ4n) is 2.42. The summed E-state index contributed by atoms with van der Waals surface area (Å²) in [6.07, 6.45) is 3.56. The van der Waals surface area contributed by atoms with Crippen molar-refractivity contribution in [2.75, 3.05) is 11.9 Å². The van der Waals surface area contributed by atoms with E-state index in [4.69, 9.17) is 4.74 Å². The predicted octanol–water partition coefficient (Wildman–Crippen LogP) is 2.99. The van der Waals surface area contributed by atoms with Crippen LogP contribution in [0.2, 0.25) is 0 Å². The molecule has 3 aromatic rings. The minimum Gasteiger partial charge on any atom is -0.483 e. The lowest BCUT2D eigenvalue weighted by atomic mass is 10.1. The van der Waals surface area contributed by atoms with Crippen LogP contribution >= 0.6 is 0 Å². The number of rotatable bonds is 6. The molecule has 0 spiro atoms. The first-order chi connectivity index (χ1) is 12.2. The summed E-state index contributed by atoms with van der Waals surface area (Å²) in [4.78, 5) is 16.0. The summed E-state index contributed by atoms with van der Waals surface area (Å²) in [5.41, 5.74) is 1.43. The molecule has 0 radical (unpaired) electrons. The normalized spacial score (nSPS) is 10.5. The van der Waals surface area contributed by atoms with E-state index >= 15 is 0 Å². The Kier molecular flexibility index (Phi) is 5.03. The van der Waals surface area contributed by atoms with Crippen LogP contribution in [0.25, 0.3) is 5.69 Å². The van der Waals surface area contributed by atoms with Crippen LogP contribution in [0.5, 0.6) is 5.75 Å². The number of carbonyl (C=O) groups excluding carboxylic acids is 1. The van der Waals surface area contributed by atoms with Crippen molar-refractivity contribution in [2.45, 2.75) is 13.3 Å². The van der Waals surface area contributed by atoms with Crippen molar-refractivity contribution in [3.05, 3.63) is 66.5 Å². The summed E-state index contributed by atoms with van der Waals surface area (Å²) in [5.74, 6) is -0.377. The second-order valence-electron chi connectivity index (χ2n) is 5.27. The summed E-state index contributed by atoms with van der Waals surface area (Å²) in [5, 5.41) is 6.52. The highest BCUT2D eigenvalue weighted by molar-refractivity contribution is 5.94. The molecule has 1 amide bonds. The molecule has 1 aromatic heterocycles. The molecule has 7 heteroatoms. The topological polar surface area (TPSA) is 69.0 Å². The number of aryl methyl sites for hydroxylation is 1. The number of anilines is 1. The number of hydrogen-bond donors (Lipinski definition) is 1. The summed E-state index contributed by atoms with van der Waals surface area (Å²) < 4.78 is 21.1. The minimum absolute atomic E-state index is 0.0328. The van der Waals surface area contributed by atoms with Crippen LogP contribution in [0.3, 0.4) is 0 Å². The van der Waals surface area contributed by atoms with Gasteiger partial charge in [-0.15, -0.1) is 0 Å². The van der Waals surface area contributed by atoms with Gasteiger partial charge in [0.15, 0.2) is 6.61 Å². The van der Waals surface area contributed by atoms with E-state index in [1.807, 2.05) is 25.1 Å². The van der Waals surface area contributed by atoms with Gasteiger partial charge in [0.2, 0.25) is 0 Å². The number of aromatic nitrogens is 3. The van der Waals surface area contributed by atoms with Gasteiger partial charge < -0.3 is 10.1 Å². The van der Waals surface area contributed by atoms with E-state index in [2.05, 4.69) is 15.4 Å². The molecule has 0 unspecified atom stereocenters. The van der Waals surface area contributed by atoms with Crippen molar-refractivity contribution in [3.63, 3.8) is 0 Å². The molecule has 0 aliphatic rings. The highest BCUT2D eigenvalue weighted by atomic mass is 19.1. The first-order valence-corrected chi connectivity index (χ1v) is 7.83. The Balaban J connectivity index is 1.73. The van der Waals surface area contributed by atoms with Crippen LogP contribution in [-0.2, 0) is 11.2 Å². The number of benzene rings is 2. The summed E-state index contributed by atoms with van der Waals surface area (Å²) >= 11 is 0. The second-order valence-corrected chi connectivity index (χ2v) is 5.27. The van der Waals surface area contributed by atoms with Gasteiger partial charge in [-0.25, -0.2) is 14.1 Å². The SMILES string of the molecule is CCc1ccccc1OCC(=O)Nc1c(F)cccc1-n1cncn1. The van der Waals surface area contributed by atoms with Crippen molar-refractivity contribution >= 4 is 11.6 Å². The first-order valence-electron chi connectivity index (χ1n) is 7.83. The Labute approximate surface area is 144 Å². The first kappa shape index (κ1) is 16.6. The third kappa shape index (κ3) is 3.82. The third-order valence-electron chi connectivity index (χ3n) is 3.63. The molecule has 6 nitrogen and oxygen atoms in total. The van der Waals surface area contributed by atoms with E-state index in [-0.39, 0.29) is 12.3 Å². The van der Waals surface area contributed by atoms with Gasteiger partial charge in [0.25, 0.3) is 5.91 Å². The Hall–Kier alpha value is -3.22. The Morgan fingerprint density at radius 2 is 2.08 bits per heavy atom. The highest BCUT2D eigenvalue weighted by Gasteiger charge is 2.14. The van der Waals surface area contributed by atoms with Crippen LogP contribution in [0, 0.1) is 5.82 Å². The molecule has 128 valence electrons. The maximum Gasteiger partial charge on any atom is 0.262 e. The summed E-state index contributed by atoms with van der Waals surface area (Å²) in [6, 6.07) is 11.9. The van der Waals surface area contributed by atoms with Crippen LogP contribution in [0.4, 0.5) is 10.1 Å². The average molecular weight is 340 g/mol. The average Bonchev–Trinajstić information content (AvgIpc) is 3.16. The lowest BCUT2D eigenvalue weighted by molar-refractivity contribution is -0.118. The highest BCUT2D eigenvalue weighted by Crippen LogP contribution is 2.23. The van der Waals surface area contributed by atoms with Gasteiger partial charge in [-0.2, -0.15) is 5.10 Å². The molecule has 0 atom stereocenters. The van der Waals surface area contributed by atoms with Crippen molar-refractivity contribution in [1.82, 2.24) is 14.8 Å². The smallest absolute Gasteiger partial charge is 0.262 e. The fraction of sp³-hybridized carbons (Fsp3) is 0.167. The van der Waals surface area contributed by atoms with E-state index in [1.54, 1.807) is 12.1 Å². The molecular formula is C18H17FN4O2. The molecule has 2 aromatic carbocycles. The van der Waals surface area contributed by atoms with Crippen molar-refractivity contribution < 1.29 is 13.9 Å². The molecule has 0 aliphatic heterocycles. The molecule has 0 fully saturated rings. The van der Waals surface area contributed by atoms with E-state index in [9.17, 15) is 9.18 Å². The maximum absolute atomic E-state index is 14.2. The molecule has 0 bridgehead atoms. The molecule has 0 saturated heterocycles. The van der Waals surface area contributed by atoms with Gasteiger partial charge >= 0.3 is 0 Å². The molecule has 0 aliphatic carbocycles. The number of para-hydroxylation sites is 2. The van der Waals surface area contributed by atoms with Gasteiger partial charge in [-0.3, -0.25) is 4.79 Å². The number of halogens is 1. The zero-order valence-corrected chi connectivity index (χ0v) is 13.6. The standard InChI is InChI=1S/C18H17FN4O2/c1-2-13-6-3-4-9-16(13)25-10-17(24)22-18-14(19)7-5-8-15(18)23-12-20-11-21-23/h3-9,11-12H,2,10H2,1H3,(H,22,24). The van der Waals surface area contributed by atoms with Gasteiger partial charge in [0.1, 0.15) is 29.9 Å². The Bertz CT molecular complexity index is 865. The lowest BCUT2D eigenvalue weighted by Crippen LogP contribution is -2.22. The van der Waals surface area contributed by atoms with E-state index in [0.717, 1.165) is 12.0 Å². The monoisotopic (exact) mass is 340 g/mol. The quantitative estimate of drug-likeness (QED) is 0.749. The summed E-state index contributed by atoms with van der Waals surface area (Å²) in [6.45, 7) is 1.79. The molecule has 1 heterocycles. The molecule has 1 N–H and O–H groups in total. The molecule has 3 rings (SSSR count). The molecular weight excluding hydrogens is 323 g/mol. The minimum atomic E-state index is -0.560. The van der Waals surface area contributed by atoms with Gasteiger partial charge in [0, 0.05) is 0 Å². The van der Waals surface area contributed by atoms with Crippen molar-refractivity contribution in [3.8, 4) is 11.4 Å². The Morgan fingerprint density at radius 3 is 2.84 bits per heavy atom. The van der Waals surface area contributed by atoms with Gasteiger partial charge in [-0.05, 0) is 30.2 Å². The van der Waals surface area contributed by atoms with Crippen LogP contribution < -0.4 is 10.1 Å². The largest absolute Gasteiger partial charge is 0.483 e. The molecule has 25 heavy (non-hydrogen) atoms. The number of nitrogens with zero attached hydrogens (tertiary/aromatic N) is 3. The van der Waals surface area contributed by atoms with Crippen LogP contribution in [0.15, 0.2) is 55.1 Å². The fourth-order valence-corrected chi connectivity index (χ4v) is 2.42. The predicted molar refractivity (Wildman–Crippen MR) is 91.3 cm³/mol. The summed E-state index contributed by atoms with van der Waals surface area (Å²) in [7, 11) is 0. The Morgan fingerprint density at radius 1 is 1.24 bits per heavy atom.